The molecule has 0 N–H and O–H groups in total. The van der Waals surface area contributed by atoms with E-state index in [2.05, 4.69) is 16.0 Å². The van der Waals surface area contributed by atoms with Crippen LogP contribution in [-0.4, -0.2) is 42.3 Å². The summed E-state index contributed by atoms with van der Waals surface area (Å²) in [7, 11) is 10.5. The molecule has 0 bridgehead atoms. The molecule has 0 aliphatic rings. The molecule has 0 aromatic rings. The van der Waals surface area contributed by atoms with Crippen molar-refractivity contribution in [3.8, 4) is 0 Å². The summed E-state index contributed by atoms with van der Waals surface area (Å²) in [5.74, 6) is 0. The van der Waals surface area contributed by atoms with Crippen LogP contribution in [0.15, 0.2) is 0 Å². The summed E-state index contributed by atoms with van der Waals surface area (Å²) in [4.78, 5) is 0. The average Bonchev–Trinajstić information content (AvgIpc) is 1.70. The predicted molar refractivity (Wildman–Crippen MR) is 45.6 cm³/mol. The molecule has 10 heavy (non-hydrogen) atoms. The smallest absolute Gasteiger partial charge is 0.668 e. The zero-order valence-electron chi connectivity index (χ0n) is 7.84. The minimum Gasteiger partial charge on any atom is -0.668 e. The summed E-state index contributed by atoms with van der Waals surface area (Å²) in [5, 5.41) is 10.5. The fourth-order valence-electron chi connectivity index (χ4n) is 0. The predicted octanol–water partition coefficient (Wildman–Crippen LogP) is 1.86. The zero-order valence-corrected chi connectivity index (χ0v) is 10.3. The molecule has 0 amide bonds. The maximum absolute atomic E-state index is 3.50. The standard InChI is InChI=1S/3C2H6N.Zr/c3*1-3-2;/h3*1-2H3;/q3*-1;+3. The molecule has 0 unspecified atom stereocenters. The monoisotopic (exact) mass is 222 g/mol. The second-order valence-corrected chi connectivity index (χ2v) is 1.34. The van der Waals surface area contributed by atoms with E-state index in [4.69, 9.17) is 0 Å². The van der Waals surface area contributed by atoms with Crippen molar-refractivity contribution in [1.82, 2.24) is 0 Å². The first-order valence-electron chi connectivity index (χ1n) is 2.68. The van der Waals surface area contributed by atoms with Gasteiger partial charge in [0.15, 0.2) is 0 Å². The minimum absolute atomic E-state index is 0. The summed E-state index contributed by atoms with van der Waals surface area (Å²) in [6.07, 6.45) is 0. The first-order valence-corrected chi connectivity index (χ1v) is 2.68. The topological polar surface area (TPSA) is 42.3 Å². The Labute approximate surface area is 84.5 Å². The Morgan fingerprint density at radius 1 is 0.500 bits per heavy atom. The van der Waals surface area contributed by atoms with Crippen LogP contribution in [0.2, 0.25) is 0 Å². The van der Waals surface area contributed by atoms with Gasteiger partial charge in [0.2, 0.25) is 0 Å². The van der Waals surface area contributed by atoms with Crippen LogP contribution in [0.3, 0.4) is 0 Å². The third kappa shape index (κ3) is 907. The maximum Gasteiger partial charge on any atom is 3.00 e. The van der Waals surface area contributed by atoms with Gasteiger partial charge in [0.1, 0.15) is 0 Å². The molecule has 4 heteroatoms. The van der Waals surface area contributed by atoms with E-state index in [0.717, 1.165) is 0 Å². The van der Waals surface area contributed by atoms with Gasteiger partial charge in [-0.3, -0.25) is 0 Å². The van der Waals surface area contributed by atoms with Gasteiger partial charge in [-0.25, -0.2) is 0 Å². The second-order valence-electron chi connectivity index (χ2n) is 1.34. The van der Waals surface area contributed by atoms with Crippen molar-refractivity contribution >= 4 is 0 Å². The van der Waals surface area contributed by atoms with E-state index in [1.807, 2.05) is 0 Å². The number of rotatable bonds is 0. The molecule has 0 aliphatic heterocycles. The molecule has 0 aliphatic carbocycles. The van der Waals surface area contributed by atoms with Crippen molar-refractivity contribution in [2.45, 2.75) is 0 Å². The molecule has 0 fully saturated rings. The van der Waals surface area contributed by atoms with Crippen LogP contribution < -0.4 is 0 Å². The van der Waals surface area contributed by atoms with Gasteiger partial charge in [0.05, 0.1) is 0 Å². The molecule has 0 aromatic heterocycles. The Bertz CT molecular complexity index is 17.7. The first-order chi connectivity index (χ1) is 4.24. The molecule has 0 saturated carbocycles. The van der Waals surface area contributed by atoms with Gasteiger partial charge in [-0.1, -0.05) is 0 Å². The van der Waals surface area contributed by atoms with Crippen molar-refractivity contribution in [3.63, 3.8) is 0 Å². The largest absolute Gasteiger partial charge is 3.00 e. The van der Waals surface area contributed by atoms with Gasteiger partial charge in [-0.05, 0) is 0 Å². The Balaban J connectivity index is -0.0000000257. The van der Waals surface area contributed by atoms with Gasteiger partial charge in [0.25, 0.3) is 0 Å². The van der Waals surface area contributed by atoms with Crippen molar-refractivity contribution in [2.24, 2.45) is 0 Å². The van der Waals surface area contributed by atoms with E-state index in [0.29, 0.717) is 0 Å². The Morgan fingerprint density at radius 2 is 0.500 bits per heavy atom. The van der Waals surface area contributed by atoms with Gasteiger partial charge in [-0.2, -0.15) is 42.3 Å². The third-order valence-electron chi connectivity index (χ3n) is 0. The molecule has 0 rings (SSSR count). The normalized spacial score (nSPS) is 5.40. The average molecular weight is 223 g/mol. The Hall–Kier alpha value is 0.763. The number of nitrogens with zero attached hydrogens (tertiary/aromatic N) is 3. The fraction of sp³-hybridized carbons (Fsp3) is 1.00. The van der Waals surface area contributed by atoms with Gasteiger partial charge in [0, 0.05) is 0 Å². The molecule has 0 aromatic carbocycles. The van der Waals surface area contributed by atoms with Crippen LogP contribution in [0.25, 0.3) is 16.0 Å². The van der Waals surface area contributed by atoms with Crippen LogP contribution in [0, 0.1) is 0 Å². The van der Waals surface area contributed by atoms with E-state index in [1.165, 1.54) is 0 Å². The fourth-order valence-corrected chi connectivity index (χ4v) is 0. The molecule has 0 saturated heterocycles. The van der Waals surface area contributed by atoms with Gasteiger partial charge in [-0.15, -0.1) is 0 Å². The molecule has 0 heterocycles. The molecular weight excluding hydrogens is 205 g/mol. The Kier molecular flexibility index (Phi) is 119. The quantitative estimate of drug-likeness (QED) is 0.602. The van der Waals surface area contributed by atoms with Crippen LogP contribution in [-0.2, 0) is 26.2 Å². The van der Waals surface area contributed by atoms with E-state index < -0.39 is 0 Å². The maximum atomic E-state index is 3.50. The van der Waals surface area contributed by atoms with Crippen molar-refractivity contribution in [2.75, 3.05) is 42.3 Å². The third-order valence-corrected chi connectivity index (χ3v) is 0. The van der Waals surface area contributed by atoms with E-state index in [1.54, 1.807) is 42.3 Å². The Morgan fingerprint density at radius 3 is 0.500 bits per heavy atom. The summed E-state index contributed by atoms with van der Waals surface area (Å²) in [6.45, 7) is 0. The molecule has 3 nitrogen and oxygen atoms in total. The van der Waals surface area contributed by atoms with Gasteiger partial charge < -0.3 is 16.0 Å². The van der Waals surface area contributed by atoms with Crippen LogP contribution in [0.5, 0.6) is 0 Å². The first kappa shape index (κ1) is 22.4. The van der Waals surface area contributed by atoms with E-state index in [-0.39, 0.29) is 26.2 Å². The molecule has 0 atom stereocenters. The number of hydrogen-bond acceptors (Lipinski definition) is 0. The van der Waals surface area contributed by atoms with Crippen molar-refractivity contribution in [1.29, 1.82) is 0 Å². The summed E-state index contributed by atoms with van der Waals surface area (Å²) >= 11 is 0. The zero-order chi connectivity index (χ0) is 8.12. The summed E-state index contributed by atoms with van der Waals surface area (Å²) < 4.78 is 0. The molecule has 1 radical (unpaired) electrons. The van der Waals surface area contributed by atoms with Crippen molar-refractivity contribution in [3.05, 3.63) is 16.0 Å². The molecule has 0 spiro atoms. The van der Waals surface area contributed by atoms with E-state index in [9.17, 15) is 0 Å². The number of hydrogen-bond donors (Lipinski definition) is 0. The van der Waals surface area contributed by atoms with Crippen LogP contribution >= 0.6 is 0 Å². The summed E-state index contributed by atoms with van der Waals surface area (Å²) in [5.41, 5.74) is 0. The summed E-state index contributed by atoms with van der Waals surface area (Å²) in [6, 6.07) is 0. The molecule has 61 valence electrons. The minimum atomic E-state index is 0. The van der Waals surface area contributed by atoms with Crippen LogP contribution in [0.1, 0.15) is 0 Å². The second kappa shape index (κ2) is 52.9. The van der Waals surface area contributed by atoms with E-state index >= 15 is 0 Å². The molecular formula is C6H18N3Zr. The van der Waals surface area contributed by atoms with Crippen LogP contribution in [0.4, 0.5) is 0 Å². The van der Waals surface area contributed by atoms with Crippen molar-refractivity contribution < 1.29 is 26.2 Å². The SMILES string of the molecule is C[N-]C.C[N-]C.C[N-]C.[Zr+3]. The van der Waals surface area contributed by atoms with Gasteiger partial charge >= 0.3 is 26.2 Å².